The van der Waals surface area contributed by atoms with E-state index in [9.17, 15) is 9.90 Å². The third-order valence-electron chi connectivity index (χ3n) is 3.45. The lowest BCUT2D eigenvalue weighted by Gasteiger charge is -2.35. The first kappa shape index (κ1) is 14.5. The smallest absolute Gasteiger partial charge is 0.255 e. The maximum Gasteiger partial charge on any atom is 0.255 e. The molecular formula is C15H19N3O2. The molecule has 1 aromatic rings. The predicted molar refractivity (Wildman–Crippen MR) is 75.9 cm³/mol. The molecular weight excluding hydrogens is 254 g/mol. The highest BCUT2D eigenvalue weighted by Crippen LogP contribution is 2.22. The highest BCUT2D eigenvalue weighted by molar-refractivity contribution is 5.94. The number of nitrogens with zero attached hydrogens (tertiary/aromatic N) is 2. The van der Waals surface area contributed by atoms with Gasteiger partial charge in [0.2, 0.25) is 0 Å². The van der Waals surface area contributed by atoms with Crippen molar-refractivity contribution in [2.45, 2.75) is 25.4 Å². The summed E-state index contributed by atoms with van der Waals surface area (Å²) in [4.78, 5) is 18.2. The lowest BCUT2D eigenvalue weighted by Crippen LogP contribution is -2.45. The van der Waals surface area contributed by atoms with Crippen molar-refractivity contribution in [1.29, 1.82) is 0 Å². The fourth-order valence-electron chi connectivity index (χ4n) is 2.15. The second-order valence-electron chi connectivity index (χ2n) is 5.26. The van der Waals surface area contributed by atoms with Crippen LogP contribution in [-0.2, 0) is 0 Å². The van der Waals surface area contributed by atoms with Crippen LogP contribution in [0, 0.1) is 11.8 Å². The van der Waals surface area contributed by atoms with Crippen LogP contribution in [0.2, 0.25) is 0 Å². The van der Waals surface area contributed by atoms with Crippen LogP contribution in [0.15, 0.2) is 18.5 Å². The summed E-state index contributed by atoms with van der Waals surface area (Å²) in [6.45, 7) is 3.20. The molecule has 0 radical (unpaired) electrons. The quantitative estimate of drug-likeness (QED) is 0.725. The van der Waals surface area contributed by atoms with E-state index >= 15 is 0 Å². The Bertz CT molecular complexity index is 548. The molecule has 0 aliphatic carbocycles. The van der Waals surface area contributed by atoms with E-state index in [4.69, 9.17) is 5.73 Å². The number of carbonyl (C=O) groups excluding carboxylic acids is 1. The summed E-state index contributed by atoms with van der Waals surface area (Å²) in [5.74, 6) is 5.54. The molecule has 0 bridgehead atoms. The molecule has 2 heterocycles. The molecule has 0 spiro atoms. The van der Waals surface area contributed by atoms with Gasteiger partial charge in [0.1, 0.15) is 0 Å². The second kappa shape index (κ2) is 6.04. The van der Waals surface area contributed by atoms with Crippen molar-refractivity contribution in [3.05, 3.63) is 29.6 Å². The molecule has 20 heavy (non-hydrogen) atoms. The van der Waals surface area contributed by atoms with Crippen LogP contribution in [0.3, 0.4) is 0 Å². The highest BCUT2D eigenvalue weighted by atomic mass is 16.3. The molecule has 1 aliphatic rings. The fraction of sp³-hybridized carbons (Fsp3) is 0.467. The Morgan fingerprint density at radius 3 is 2.85 bits per heavy atom. The van der Waals surface area contributed by atoms with Crippen LogP contribution in [-0.4, -0.2) is 46.1 Å². The maximum absolute atomic E-state index is 12.4. The van der Waals surface area contributed by atoms with E-state index in [1.807, 2.05) is 0 Å². The molecule has 5 heteroatoms. The van der Waals surface area contributed by atoms with Crippen molar-refractivity contribution in [2.24, 2.45) is 5.73 Å². The van der Waals surface area contributed by atoms with Crippen molar-refractivity contribution >= 4 is 5.91 Å². The molecule has 2 rings (SSSR count). The Kier molecular flexibility index (Phi) is 4.38. The number of carbonyl (C=O) groups is 1. The Balaban J connectivity index is 2.10. The highest BCUT2D eigenvalue weighted by Gasteiger charge is 2.30. The Morgan fingerprint density at radius 1 is 1.50 bits per heavy atom. The van der Waals surface area contributed by atoms with Gasteiger partial charge in [0.25, 0.3) is 5.91 Å². The summed E-state index contributed by atoms with van der Waals surface area (Å²) < 4.78 is 0. The number of rotatable bonds is 1. The Hall–Kier alpha value is -1.90. The maximum atomic E-state index is 12.4. The predicted octanol–water partition coefficient (Wildman–Crippen LogP) is 0.379. The number of aromatic nitrogens is 1. The monoisotopic (exact) mass is 273 g/mol. The second-order valence-corrected chi connectivity index (χ2v) is 5.26. The molecule has 106 valence electrons. The molecule has 3 N–H and O–H groups in total. The van der Waals surface area contributed by atoms with E-state index in [-0.39, 0.29) is 12.5 Å². The third kappa shape index (κ3) is 3.56. The van der Waals surface area contributed by atoms with Gasteiger partial charge in [-0.2, -0.15) is 0 Å². The number of aliphatic hydroxyl groups is 1. The first-order chi connectivity index (χ1) is 9.52. The minimum atomic E-state index is -0.663. The van der Waals surface area contributed by atoms with Gasteiger partial charge in [-0.15, -0.1) is 0 Å². The van der Waals surface area contributed by atoms with E-state index < -0.39 is 5.60 Å². The lowest BCUT2D eigenvalue weighted by atomic mass is 9.93. The fourth-order valence-corrected chi connectivity index (χ4v) is 2.15. The van der Waals surface area contributed by atoms with Crippen molar-refractivity contribution in [2.75, 3.05) is 19.6 Å². The summed E-state index contributed by atoms with van der Waals surface area (Å²) in [6.07, 6.45) is 4.35. The molecule has 0 saturated carbocycles. The lowest BCUT2D eigenvalue weighted by molar-refractivity contribution is -0.00203. The van der Waals surface area contributed by atoms with E-state index in [2.05, 4.69) is 16.8 Å². The minimum absolute atomic E-state index is 0.0654. The number of amides is 1. The third-order valence-corrected chi connectivity index (χ3v) is 3.45. The molecule has 1 fully saturated rings. The van der Waals surface area contributed by atoms with Gasteiger partial charge in [0.15, 0.2) is 0 Å². The molecule has 0 atom stereocenters. The van der Waals surface area contributed by atoms with Crippen molar-refractivity contribution in [3.8, 4) is 11.8 Å². The topological polar surface area (TPSA) is 79.5 Å². The van der Waals surface area contributed by atoms with Gasteiger partial charge in [-0.25, -0.2) is 0 Å². The van der Waals surface area contributed by atoms with Crippen LogP contribution in [0.5, 0.6) is 0 Å². The standard InChI is InChI=1S/C15H19N3O2/c1-15(20)4-7-18(8-5-15)14(19)13-9-12(3-2-6-16)10-17-11-13/h9-11,20H,4-8,16H2,1H3. The number of hydrogen-bond donors (Lipinski definition) is 2. The van der Waals surface area contributed by atoms with Gasteiger partial charge < -0.3 is 15.7 Å². The molecule has 5 nitrogen and oxygen atoms in total. The minimum Gasteiger partial charge on any atom is -0.390 e. The van der Waals surface area contributed by atoms with Gasteiger partial charge >= 0.3 is 0 Å². The summed E-state index contributed by atoms with van der Waals surface area (Å²) in [7, 11) is 0. The van der Waals surface area contributed by atoms with Crippen LogP contribution in [0.4, 0.5) is 0 Å². The summed E-state index contributed by atoms with van der Waals surface area (Å²) in [5, 5.41) is 9.91. The molecule has 1 aliphatic heterocycles. The zero-order chi connectivity index (χ0) is 14.6. The van der Waals surface area contributed by atoms with E-state index in [1.165, 1.54) is 0 Å². The van der Waals surface area contributed by atoms with Crippen LogP contribution >= 0.6 is 0 Å². The SMILES string of the molecule is CC1(O)CCN(C(=O)c2cncc(C#CCN)c2)CC1. The van der Waals surface area contributed by atoms with Gasteiger partial charge in [0, 0.05) is 31.0 Å². The first-order valence-corrected chi connectivity index (χ1v) is 6.67. The Labute approximate surface area is 118 Å². The van der Waals surface area contributed by atoms with Gasteiger partial charge in [-0.05, 0) is 25.8 Å². The first-order valence-electron chi connectivity index (χ1n) is 6.67. The van der Waals surface area contributed by atoms with Crippen LogP contribution in [0.1, 0.15) is 35.7 Å². The normalized spacial score (nSPS) is 17.2. The summed E-state index contributed by atoms with van der Waals surface area (Å²) in [6, 6.07) is 1.73. The molecule has 0 unspecified atom stereocenters. The number of hydrogen-bond acceptors (Lipinski definition) is 4. The molecule has 1 aromatic heterocycles. The number of piperidine rings is 1. The Morgan fingerprint density at radius 2 is 2.20 bits per heavy atom. The molecule has 0 aromatic carbocycles. The van der Waals surface area contributed by atoms with Gasteiger partial charge in [-0.1, -0.05) is 11.8 Å². The number of likely N-dealkylation sites (tertiary alicyclic amines) is 1. The molecule has 1 saturated heterocycles. The number of nitrogens with two attached hydrogens (primary N) is 1. The van der Waals surface area contributed by atoms with Gasteiger partial charge in [-0.3, -0.25) is 9.78 Å². The van der Waals surface area contributed by atoms with Crippen LogP contribution in [0.25, 0.3) is 0 Å². The van der Waals surface area contributed by atoms with E-state index in [0.29, 0.717) is 37.1 Å². The average molecular weight is 273 g/mol. The largest absolute Gasteiger partial charge is 0.390 e. The van der Waals surface area contributed by atoms with E-state index in [0.717, 1.165) is 0 Å². The van der Waals surface area contributed by atoms with Crippen molar-refractivity contribution in [1.82, 2.24) is 9.88 Å². The van der Waals surface area contributed by atoms with Crippen molar-refractivity contribution in [3.63, 3.8) is 0 Å². The van der Waals surface area contributed by atoms with Gasteiger partial charge in [0.05, 0.1) is 17.7 Å². The zero-order valence-electron chi connectivity index (χ0n) is 11.6. The number of pyridine rings is 1. The summed E-state index contributed by atoms with van der Waals surface area (Å²) >= 11 is 0. The average Bonchev–Trinajstić information content (AvgIpc) is 2.45. The van der Waals surface area contributed by atoms with Crippen LogP contribution < -0.4 is 5.73 Å². The van der Waals surface area contributed by atoms with Crippen molar-refractivity contribution < 1.29 is 9.90 Å². The van der Waals surface area contributed by atoms with E-state index in [1.54, 1.807) is 30.3 Å². The summed E-state index contributed by atoms with van der Waals surface area (Å²) in [5.41, 5.74) is 5.87. The molecule has 1 amide bonds. The zero-order valence-corrected chi connectivity index (χ0v) is 11.6.